The second-order valence-electron chi connectivity index (χ2n) is 3.82. The van der Waals surface area contributed by atoms with Crippen LogP contribution in [0.25, 0.3) is 0 Å². The van der Waals surface area contributed by atoms with Crippen LogP contribution in [-0.2, 0) is 9.47 Å². The summed E-state index contributed by atoms with van der Waals surface area (Å²) in [5.74, 6) is 0. The summed E-state index contributed by atoms with van der Waals surface area (Å²) in [6.07, 6.45) is 1.20. The van der Waals surface area contributed by atoms with Crippen LogP contribution in [-0.4, -0.2) is 37.1 Å². The average Bonchev–Trinajstić information content (AvgIpc) is 2.11. The molecule has 0 aromatic rings. The minimum Gasteiger partial charge on any atom is -0.391 e. The van der Waals surface area contributed by atoms with Crippen LogP contribution in [0.15, 0.2) is 0 Å². The van der Waals surface area contributed by atoms with Crippen molar-refractivity contribution in [1.29, 1.82) is 0 Å². The number of methoxy groups -OCH3 is 1. The minimum atomic E-state index is -0.366. The predicted molar refractivity (Wildman–Crippen MR) is 52.8 cm³/mol. The summed E-state index contributed by atoms with van der Waals surface area (Å²) < 4.78 is 10.3. The Morgan fingerprint density at radius 1 is 1.38 bits per heavy atom. The molecule has 0 aromatic heterocycles. The van der Waals surface area contributed by atoms with E-state index in [0.29, 0.717) is 13.2 Å². The van der Waals surface area contributed by atoms with E-state index in [1.807, 2.05) is 20.8 Å². The van der Waals surface area contributed by atoms with E-state index in [1.54, 1.807) is 7.11 Å². The Balaban J connectivity index is 3.51. The first kappa shape index (κ1) is 12.9. The Morgan fingerprint density at radius 2 is 2.00 bits per heavy atom. The zero-order valence-corrected chi connectivity index (χ0v) is 9.17. The van der Waals surface area contributed by atoms with E-state index in [9.17, 15) is 5.11 Å². The average molecular weight is 190 g/mol. The van der Waals surface area contributed by atoms with Gasteiger partial charge in [-0.3, -0.25) is 0 Å². The van der Waals surface area contributed by atoms with Gasteiger partial charge in [-0.2, -0.15) is 0 Å². The van der Waals surface area contributed by atoms with E-state index < -0.39 is 0 Å². The molecular weight excluding hydrogens is 168 g/mol. The second-order valence-corrected chi connectivity index (χ2v) is 3.82. The van der Waals surface area contributed by atoms with Crippen molar-refractivity contribution in [2.24, 2.45) is 0 Å². The van der Waals surface area contributed by atoms with E-state index in [0.717, 1.165) is 12.8 Å². The summed E-state index contributed by atoms with van der Waals surface area (Å²) in [6.45, 7) is 7.04. The fourth-order valence-corrected chi connectivity index (χ4v) is 0.953. The quantitative estimate of drug-likeness (QED) is 0.662. The molecule has 3 nitrogen and oxygen atoms in total. The molecular formula is C10H22O3. The third kappa shape index (κ3) is 6.99. The van der Waals surface area contributed by atoms with Crippen molar-refractivity contribution in [3.63, 3.8) is 0 Å². The third-order valence-electron chi connectivity index (χ3n) is 2.15. The van der Waals surface area contributed by atoms with Crippen LogP contribution in [0.3, 0.4) is 0 Å². The van der Waals surface area contributed by atoms with Gasteiger partial charge in [0.2, 0.25) is 0 Å². The lowest BCUT2D eigenvalue weighted by molar-refractivity contribution is -0.0118. The number of hydrogen-bond donors (Lipinski definition) is 1. The van der Waals surface area contributed by atoms with Crippen molar-refractivity contribution in [1.82, 2.24) is 0 Å². The lowest BCUT2D eigenvalue weighted by Crippen LogP contribution is -2.26. The maximum atomic E-state index is 9.46. The van der Waals surface area contributed by atoms with Crippen molar-refractivity contribution in [3.8, 4) is 0 Å². The molecule has 0 rings (SSSR count). The molecule has 0 radical (unpaired) electrons. The zero-order chi connectivity index (χ0) is 10.3. The van der Waals surface area contributed by atoms with E-state index >= 15 is 0 Å². The molecule has 0 bridgehead atoms. The largest absolute Gasteiger partial charge is 0.391 e. The highest BCUT2D eigenvalue weighted by Gasteiger charge is 2.17. The molecule has 0 saturated carbocycles. The molecule has 0 aromatic carbocycles. The van der Waals surface area contributed by atoms with Gasteiger partial charge in [0.25, 0.3) is 0 Å². The van der Waals surface area contributed by atoms with E-state index in [1.165, 1.54) is 0 Å². The van der Waals surface area contributed by atoms with E-state index in [4.69, 9.17) is 9.47 Å². The smallest absolute Gasteiger partial charge is 0.0774 e. The molecule has 3 heteroatoms. The highest BCUT2D eigenvalue weighted by Crippen LogP contribution is 2.16. The number of hydrogen-bond acceptors (Lipinski definition) is 3. The van der Waals surface area contributed by atoms with E-state index in [2.05, 4.69) is 0 Å². The first-order valence-electron chi connectivity index (χ1n) is 4.83. The summed E-state index contributed by atoms with van der Waals surface area (Å²) in [6, 6.07) is 0. The van der Waals surface area contributed by atoms with Gasteiger partial charge in [-0.25, -0.2) is 0 Å². The van der Waals surface area contributed by atoms with Crippen molar-refractivity contribution < 1.29 is 14.6 Å². The SMILES string of the molecule is CCOCC(O)CCC(C)(C)OC. The maximum Gasteiger partial charge on any atom is 0.0774 e. The highest BCUT2D eigenvalue weighted by atomic mass is 16.5. The molecule has 80 valence electrons. The van der Waals surface area contributed by atoms with Crippen LogP contribution in [0.1, 0.15) is 33.6 Å². The molecule has 1 atom stereocenters. The molecule has 0 fully saturated rings. The van der Waals surface area contributed by atoms with Gasteiger partial charge >= 0.3 is 0 Å². The Bertz CT molecular complexity index is 123. The van der Waals surface area contributed by atoms with Crippen LogP contribution in [0, 0.1) is 0 Å². The highest BCUT2D eigenvalue weighted by molar-refractivity contribution is 4.69. The van der Waals surface area contributed by atoms with Gasteiger partial charge in [0.15, 0.2) is 0 Å². The molecule has 0 aliphatic carbocycles. The van der Waals surface area contributed by atoms with Gasteiger partial charge in [-0.05, 0) is 33.6 Å². The topological polar surface area (TPSA) is 38.7 Å². The van der Waals surface area contributed by atoms with Crippen LogP contribution >= 0.6 is 0 Å². The first-order chi connectivity index (χ1) is 6.02. The molecule has 0 amide bonds. The van der Waals surface area contributed by atoms with Crippen LogP contribution in [0.5, 0.6) is 0 Å². The lowest BCUT2D eigenvalue weighted by atomic mass is 10.0. The van der Waals surface area contributed by atoms with Crippen LogP contribution in [0.4, 0.5) is 0 Å². The molecule has 13 heavy (non-hydrogen) atoms. The second kappa shape index (κ2) is 6.35. The summed E-state index contributed by atoms with van der Waals surface area (Å²) in [5.41, 5.74) is -0.146. The van der Waals surface area contributed by atoms with Crippen molar-refractivity contribution in [3.05, 3.63) is 0 Å². The van der Waals surface area contributed by atoms with Gasteiger partial charge in [0.05, 0.1) is 18.3 Å². The Labute approximate surface area is 81.0 Å². The standard InChI is InChI=1S/C10H22O3/c1-5-13-8-9(11)6-7-10(2,3)12-4/h9,11H,5-8H2,1-4H3. The van der Waals surface area contributed by atoms with Gasteiger partial charge in [0, 0.05) is 13.7 Å². The molecule has 0 aliphatic heterocycles. The van der Waals surface area contributed by atoms with Gasteiger partial charge in [0.1, 0.15) is 0 Å². The van der Waals surface area contributed by atoms with Crippen molar-refractivity contribution in [2.45, 2.75) is 45.3 Å². The molecule has 0 saturated heterocycles. The normalized spacial score (nSPS) is 14.5. The lowest BCUT2D eigenvalue weighted by Gasteiger charge is -2.24. The first-order valence-corrected chi connectivity index (χ1v) is 4.83. The summed E-state index contributed by atoms with van der Waals surface area (Å²) in [5, 5.41) is 9.46. The van der Waals surface area contributed by atoms with Gasteiger partial charge in [-0.15, -0.1) is 0 Å². The summed E-state index contributed by atoms with van der Waals surface area (Å²) in [4.78, 5) is 0. The van der Waals surface area contributed by atoms with Crippen LogP contribution < -0.4 is 0 Å². The van der Waals surface area contributed by atoms with Gasteiger partial charge < -0.3 is 14.6 Å². The Morgan fingerprint density at radius 3 is 2.46 bits per heavy atom. The fraction of sp³-hybridized carbons (Fsp3) is 1.00. The number of ether oxygens (including phenoxy) is 2. The minimum absolute atomic E-state index is 0.146. The number of aliphatic hydroxyl groups excluding tert-OH is 1. The number of rotatable bonds is 7. The predicted octanol–water partition coefficient (Wildman–Crippen LogP) is 1.59. The molecule has 0 heterocycles. The van der Waals surface area contributed by atoms with Crippen molar-refractivity contribution >= 4 is 0 Å². The molecule has 1 unspecified atom stereocenters. The van der Waals surface area contributed by atoms with Crippen molar-refractivity contribution in [2.75, 3.05) is 20.3 Å². The Kier molecular flexibility index (Phi) is 6.29. The fourth-order valence-electron chi connectivity index (χ4n) is 0.953. The monoisotopic (exact) mass is 190 g/mol. The Hall–Kier alpha value is -0.120. The molecule has 0 aliphatic rings. The maximum absolute atomic E-state index is 9.46. The van der Waals surface area contributed by atoms with E-state index in [-0.39, 0.29) is 11.7 Å². The third-order valence-corrected chi connectivity index (χ3v) is 2.15. The summed E-state index contributed by atoms with van der Waals surface area (Å²) >= 11 is 0. The van der Waals surface area contributed by atoms with Gasteiger partial charge in [-0.1, -0.05) is 0 Å². The van der Waals surface area contributed by atoms with Crippen LogP contribution in [0.2, 0.25) is 0 Å². The molecule has 1 N–H and O–H groups in total. The molecule has 0 spiro atoms. The summed E-state index contributed by atoms with van der Waals surface area (Å²) in [7, 11) is 1.69. The zero-order valence-electron chi connectivity index (χ0n) is 9.17. The number of aliphatic hydroxyl groups is 1.